The van der Waals surface area contributed by atoms with Crippen LogP contribution in [0.4, 0.5) is 18.9 Å². The number of hydrogen-bond acceptors (Lipinski definition) is 3. The van der Waals surface area contributed by atoms with Gasteiger partial charge in [0.15, 0.2) is 8.32 Å². The van der Waals surface area contributed by atoms with Crippen molar-refractivity contribution < 1.29 is 17.6 Å². The molecular weight excluding hydrogens is 369 g/mol. The van der Waals surface area contributed by atoms with E-state index in [4.69, 9.17) is 9.69 Å². The molecule has 1 aliphatic rings. The number of nitrogens with one attached hydrogen (secondary N) is 1. The van der Waals surface area contributed by atoms with Crippen LogP contribution in [0.15, 0.2) is 18.2 Å². The maximum absolute atomic E-state index is 13.2. The first-order chi connectivity index (χ1) is 12.3. The molecule has 3 nitrogen and oxygen atoms in total. The Morgan fingerprint density at radius 3 is 2.41 bits per heavy atom. The van der Waals surface area contributed by atoms with Crippen molar-refractivity contribution in [2.75, 3.05) is 5.32 Å². The molecule has 1 saturated carbocycles. The molecule has 150 valence electrons. The van der Waals surface area contributed by atoms with Gasteiger partial charge in [-0.15, -0.1) is 0 Å². The van der Waals surface area contributed by atoms with E-state index < -0.39 is 20.1 Å². The predicted molar refractivity (Wildman–Crippen MR) is 104 cm³/mol. The van der Waals surface area contributed by atoms with Crippen LogP contribution in [0.1, 0.15) is 57.6 Å². The van der Waals surface area contributed by atoms with Crippen LogP contribution >= 0.6 is 0 Å². The summed E-state index contributed by atoms with van der Waals surface area (Å²) in [6.07, 6.45) is -0.737. The van der Waals surface area contributed by atoms with Crippen molar-refractivity contribution >= 4 is 14.0 Å². The first kappa shape index (κ1) is 21.8. The van der Waals surface area contributed by atoms with Gasteiger partial charge in [-0.2, -0.15) is 18.4 Å². The summed E-state index contributed by atoms with van der Waals surface area (Å²) in [5.74, 6) is 0. The molecule has 2 rings (SSSR count). The first-order valence-corrected chi connectivity index (χ1v) is 12.3. The van der Waals surface area contributed by atoms with Crippen LogP contribution in [0, 0.1) is 11.3 Å². The van der Waals surface area contributed by atoms with Crippen molar-refractivity contribution in [2.24, 2.45) is 0 Å². The Morgan fingerprint density at radius 1 is 1.19 bits per heavy atom. The van der Waals surface area contributed by atoms with Crippen LogP contribution < -0.4 is 5.32 Å². The van der Waals surface area contributed by atoms with Gasteiger partial charge in [-0.3, -0.25) is 0 Å². The molecule has 1 aromatic rings. The number of anilines is 1. The minimum atomic E-state index is -4.54. The topological polar surface area (TPSA) is 45.0 Å². The van der Waals surface area contributed by atoms with E-state index in [1.807, 2.05) is 0 Å². The average molecular weight is 399 g/mol. The van der Waals surface area contributed by atoms with E-state index in [2.05, 4.69) is 39.2 Å². The monoisotopic (exact) mass is 398 g/mol. The van der Waals surface area contributed by atoms with Crippen LogP contribution in [0.3, 0.4) is 0 Å². The summed E-state index contributed by atoms with van der Waals surface area (Å²) >= 11 is 0. The summed E-state index contributed by atoms with van der Waals surface area (Å²) in [5, 5.41) is 12.3. The minimum absolute atomic E-state index is 0.0718. The lowest BCUT2D eigenvalue weighted by Crippen LogP contribution is -2.46. The van der Waals surface area contributed by atoms with Crippen LogP contribution in [0.25, 0.3) is 0 Å². The molecule has 1 N–H and O–H groups in total. The van der Waals surface area contributed by atoms with Gasteiger partial charge >= 0.3 is 6.18 Å². The quantitative estimate of drug-likeness (QED) is 0.603. The summed E-state index contributed by atoms with van der Waals surface area (Å²) < 4.78 is 46.0. The zero-order valence-electron chi connectivity index (χ0n) is 16.7. The van der Waals surface area contributed by atoms with Crippen molar-refractivity contribution in [1.29, 1.82) is 5.26 Å². The molecule has 0 saturated heterocycles. The smallest absolute Gasteiger partial charge is 0.414 e. The highest BCUT2D eigenvalue weighted by Gasteiger charge is 2.40. The van der Waals surface area contributed by atoms with Crippen LogP contribution in [-0.4, -0.2) is 20.5 Å². The molecule has 0 heterocycles. The fraction of sp³-hybridized carbons (Fsp3) is 0.650. The van der Waals surface area contributed by atoms with Gasteiger partial charge in [-0.25, -0.2) is 0 Å². The van der Waals surface area contributed by atoms with Crippen LogP contribution in [-0.2, 0) is 10.6 Å². The van der Waals surface area contributed by atoms with Crippen molar-refractivity contribution in [1.82, 2.24) is 0 Å². The molecule has 0 aliphatic heterocycles. The highest BCUT2D eigenvalue weighted by molar-refractivity contribution is 6.74. The molecule has 1 aliphatic carbocycles. The lowest BCUT2D eigenvalue weighted by molar-refractivity contribution is -0.137. The first-order valence-electron chi connectivity index (χ1n) is 9.39. The largest absolute Gasteiger partial charge is 0.417 e. The Balaban J connectivity index is 2.09. The Labute approximate surface area is 161 Å². The van der Waals surface area contributed by atoms with Gasteiger partial charge in [-0.05, 0) is 62.0 Å². The number of nitriles is 1. The summed E-state index contributed by atoms with van der Waals surface area (Å²) in [6, 6.07) is 5.51. The van der Waals surface area contributed by atoms with Gasteiger partial charge in [0.05, 0.1) is 17.2 Å². The van der Waals surface area contributed by atoms with E-state index in [1.54, 1.807) is 12.1 Å². The number of halogens is 3. The molecule has 1 aromatic carbocycles. The Kier molecular flexibility index (Phi) is 6.32. The lowest BCUT2D eigenvalue weighted by Gasteiger charge is -2.41. The summed E-state index contributed by atoms with van der Waals surface area (Å²) in [5.41, 5.74) is -0.838. The maximum atomic E-state index is 13.2. The number of benzene rings is 1. The fourth-order valence-corrected chi connectivity index (χ4v) is 4.58. The van der Waals surface area contributed by atoms with E-state index in [0.29, 0.717) is 5.69 Å². The van der Waals surface area contributed by atoms with Crippen molar-refractivity contribution in [2.45, 2.75) is 82.9 Å². The maximum Gasteiger partial charge on any atom is 0.417 e. The Hall–Kier alpha value is -1.52. The molecule has 2 atom stereocenters. The molecule has 0 amide bonds. The minimum Gasteiger partial charge on any atom is -0.414 e. The Morgan fingerprint density at radius 2 is 1.85 bits per heavy atom. The van der Waals surface area contributed by atoms with Crippen LogP contribution in [0.5, 0.6) is 0 Å². The zero-order valence-corrected chi connectivity index (χ0v) is 17.7. The van der Waals surface area contributed by atoms with E-state index >= 15 is 0 Å². The summed E-state index contributed by atoms with van der Waals surface area (Å²) in [7, 11) is -1.87. The second-order valence-corrected chi connectivity index (χ2v) is 13.6. The van der Waals surface area contributed by atoms with E-state index in [-0.39, 0.29) is 22.7 Å². The molecule has 1 fully saturated rings. The van der Waals surface area contributed by atoms with E-state index in [0.717, 1.165) is 31.7 Å². The number of nitrogens with zero attached hydrogens (tertiary/aromatic N) is 1. The molecular formula is C20H29F3N2OSi. The number of rotatable bonds is 4. The van der Waals surface area contributed by atoms with E-state index in [1.165, 1.54) is 6.07 Å². The van der Waals surface area contributed by atoms with E-state index in [9.17, 15) is 13.2 Å². The lowest BCUT2D eigenvalue weighted by atomic mass is 9.92. The number of hydrogen-bond donors (Lipinski definition) is 1. The second-order valence-electron chi connectivity index (χ2n) is 8.88. The van der Waals surface area contributed by atoms with Gasteiger partial charge in [0, 0.05) is 17.8 Å². The third kappa shape index (κ3) is 5.49. The highest BCUT2D eigenvalue weighted by Crippen LogP contribution is 2.39. The third-order valence-corrected chi connectivity index (χ3v) is 10.2. The zero-order chi connectivity index (χ0) is 20.5. The highest BCUT2D eigenvalue weighted by atomic mass is 28.4. The predicted octanol–water partition coefficient (Wildman–Crippen LogP) is 6.32. The van der Waals surface area contributed by atoms with Gasteiger partial charge < -0.3 is 9.74 Å². The molecule has 2 unspecified atom stereocenters. The summed E-state index contributed by atoms with van der Waals surface area (Å²) in [4.78, 5) is 0. The molecule has 0 aromatic heterocycles. The van der Waals surface area contributed by atoms with Crippen LogP contribution in [0.2, 0.25) is 18.1 Å². The van der Waals surface area contributed by atoms with Gasteiger partial charge in [-0.1, -0.05) is 20.8 Å². The van der Waals surface area contributed by atoms with Gasteiger partial charge in [0.2, 0.25) is 0 Å². The second kappa shape index (κ2) is 7.84. The molecule has 0 bridgehead atoms. The fourth-order valence-electron chi connectivity index (χ4n) is 3.18. The molecule has 7 heteroatoms. The average Bonchev–Trinajstić information content (AvgIpc) is 2.53. The normalized spacial score (nSPS) is 21.6. The van der Waals surface area contributed by atoms with Crippen molar-refractivity contribution in [3.63, 3.8) is 0 Å². The molecule has 27 heavy (non-hydrogen) atoms. The Bertz CT molecular complexity index is 705. The standard InChI is InChI=1S/C20H29F3N2OSi/c1-19(2,3)27(4,5)26-17-8-6-7-15(11-17)25-16-10-9-14(13-24)18(12-16)20(21,22)23/h9-10,12,15,17,25H,6-8,11H2,1-5H3. The van der Waals surface area contributed by atoms with Gasteiger partial charge in [0.25, 0.3) is 0 Å². The van der Waals surface area contributed by atoms with Crippen molar-refractivity contribution in [3.8, 4) is 6.07 Å². The molecule has 0 radical (unpaired) electrons. The molecule has 0 spiro atoms. The number of alkyl halides is 3. The third-order valence-electron chi connectivity index (χ3n) is 5.71. The SMILES string of the molecule is CC(C)(C)[Si](C)(C)OC1CCCC(Nc2ccc(C#N)c(C(F)(F)F)c2)C1. The van der Waals surface area contributed by atoms with Gasteiger partial charge in [0.1, 0.15) is 0 Å². The van der Waals surface area contributed by atoms with Crippen molar-refractivity contribution in [3.05, 3.63) is 29.3 Å². The summed E-state index contributed by atoms with van der Waals surface area (Å²) in [6.45, 7) is 11.0.